The maximum Gasteiger partial charge on any atom is 0.443 e. The Morgan fingerprint density at radius 2 is 2.27 bits per heavy atom. The number of aliphatic imine (C=N–C) groups is 2. The van der Waals surface area contributed by atoms with Gasteiger partial charge in [-0.25, -0.2) is 9.79 Å². The molecule has 11 heavy (non-hydrogen) atoms. The summed E-state index contributed by atoms with van der Waals surface area (Å²) in [6, 6.07) is 2.35. The Morgan fingerprint density at radius 1 is 1.64 bits per heavy atom. The zero-order valence-corrected chi connectivity index (χ0v) is 7.00. The SMILES string of the molecule is CCOC(=O)N=C=NC(C)C. The molecule has 0 saturated heterocycles. The molecule has 0 N–H and O–H groups in total. The molecule has 0 saturated carbocycles. The standard InChI is InChI=1S/C7H12N2O2/c1-4-11-7(10)9-5-8-6(2)3/h6H,4H2,1-3H3. The molecule has 1 amide bonds. The smallest absolute Gasteiger partial charge is 0.443 e. The highest BCUT2D eigenvalue weighted by Crippen LogP contribution is 1.83. The van der Waals surface area contributed by atoms with Crippen molar-refractivity contribution in [3.63, 3.8) is 0 Å². The molecule has 0 spiro atoms. The molecule has 0 rings (SSSR count). The molecular weight excluding hydrogens is 144 g/mol. The Morgan fingerprint density at radius 3 is 2.73 bits per heavy atom. The van der Waals surface area contributed by atoms with Crippen molar-refractivity contribution >= 4 is 12.1 Å². The normalized spacial score (nSPS) is 8.73. The largest absolute Gasteiger partial charge is 0.448 e. The summed E-state index contributed by atoms with van der Waals surface area (Å²) in [5.74, 6) is 0. The van der Waals surface area contributed by atoms with Crippen LogP contribution in [0.25, 0.3) is 0 Å². The van der Waals surface area contributed by atoms with Gasteiger partial charge in [0, 0.05) is 0 Å². The molecule has 0 unspecified atom stereocenters. The van der Waals surface area contributed by atoms with Crippen LogP contribution in [0.1, 0.15) is 20.8 Å². The second kappa shape index (κ2) is 5.62. The Balaban J connectivity index is 3.82. The Bertz CT molecular complexity index is 181. The minimum atomic E-state index is -0.642. The van der Waals surface area contributed by atoms with Crippen molar-refractivity contribution in [2.45, 2.75) is 26.8 Å². The summed E-state index contributed by atoms with van der Waals surface area (Å²) >= 11 is 0. The number of nitrogens with zero attached hydrogens (tertiary/aromatic N) is 2. The molecule has 0 atom stereocenters. The molecule has 0 aliphatic rings. The molecule has 0 fully saturated rings. The van der Waals surface area contributed by atoms with Crippen LogP contribution in [0.2, 0.25) is 0 Å². The number of rotatable bonds is 2. The summed E-state index contributed by atoms with van der Waals surface area (Å²) < 4.78 is 4.50. The first kappa shape index (κ1) is 9.85. The van der Waals surface area contributed by atoms with Crippen LogP contribution in [0, 0.1) is 0 Å². The highest BCUT2D eigenvalue weighted by atomic mass is 16.5. The lowest BCUT2D eigenvalue weighted by atomic mass is 10.4. The van der Waals surface area contributed by atoms with Crippen LogP contribution in [0.15, 0.2) is 9.98 Å². The highest BCUT2D eigenvalue weighted by molar-refractivity contribution is 5.75. The predicted molar refractivity (Wildman–Crippen MR) is 42.0 cm³/mol. The highest BCUT2D eigenvalue weighted by Gasteiger charge is 1.92. The maximum atomic E-state index is 10.5. The summed E-state index contributed by atoms with van der Waals surface area (Å²) in [5, 5.41) is 0. The molecule has 0 aromatic rings. The molecule has 4 nitrogen and oxygen atoms in total. The van der Waals surface area contributed by atoms with Crippen LogP contribution in [-0.2, 0) is 4.74 Å². The minimum absolute atomic E-state index is 0.105. The molecular formula is C7H12N2O2. The van der Waals surface area contributed by atoms with E-state index in [9.17, 15) is 4.79 Å². The van der Waals surface area contributed by atoms with Gasteiger partial charge >= 0.3 is 6.09 Å². The van der Waals surface area contributed by atoms with Gasteiger partial charge in [0.25, 0.3) is 0 Å². The number of hydrogen-bond donors (Lipinski definition) is 0. The third kappa shape index (κ3) is 6.74. The molecule has 0 aromatic heterocycles. The van der Waals surface area contributed by atoms with E-state index in [1.165, 1.54) is 0 Å². The van der Waals surface area contributed by atoms with Crippen molar-refractivity contribution in [2.24, 2.45) is 9.98 Å². The van der Waals surface area contributed by atoms with Gasteiger partial charge in [0.2, 0.25) is 0 Å². The molecule has 0 heterocycles. The third-order valence-electron chi connectivity index (χ3n) is 0.725. The van der Waals surface area contributed by atoms with Gasteiger partial charge in [-0.1, -0.05) is 0 Å². The van der Waals surface area contributed by atoms with Gasteiger partial charge in [0.15, 0.2) is 0 Å². The van der Waals surface area contributed by atoms with Crippen LogP contribution in [-0.4, -0.2) is 24.8 Å². The lowest BCUT2D eigenvalue weighted by molar-refractivity contribution is 0.164. The maximum absolute atomic E-state index is 10.5. The van der Waals surface area contributed by atoms with Crippen LogP contribution < -0.4 is 0 Å². The molecule has 0 bridgehead atoms. The van der Waals surface area contributed by atoms with Crippen LogP contribution in [0.4, 0.5) is 4.79 Å². The van der Waals surface area contributed by atoms with Gasteiger partial charge in [-0.3, -0.25) is 0 Å². The zero-order chi connectivity index (χ0) is 8.69. The van der Waals surface area contributed by atoms with Gasteiger partial charge in [-0.15, -0.1) is 4.99 Å². The van der Waals surface area contributed by atoms with Crippen molar-refractivity contribution in [3.05, 3.63) is 0 Å². The average Bonchev–Trinajstić information content (AvgIpc) is 1.87. The second-order valence-electron chi connectivity index (χ2n) is 2.13. The molecule has 62 valence electrons. The van der Waals surface area contributed by atoms with Crippen LogP contribution in [0.5, 0.6) is 0 Å². The Labute approximate surface area is 66.0 Å². The van der Waals surface area contributed by atoms with E-state index in [0.29, 0.717) is 6.61 Å². The quantitative estimate of drug-likeness (QED) is 0.571. The lowest BCUT2D eigenvalue weighted by Gasteiger charge is -1.90. The van der Waals surface area contributed by atoms with E-state index >= 15 is 0 Å². The molecule has 0 aliphatic heterocycles. The van der Waals surface area contributed by atoms with Gasteiger partial charge in [-0.05, 0) is 20.8 Å². The third-order valence-corrected chi connectivity index (χ3v) is 0.725. The Kier molecular flexibility index (Phi) is 5.03. The number of hydrogen-bond acceptors (Lipinski definition) is 3. The number of carbonyl (C=O) groups is 1. The van der Waals surface area contributed by atoms with E-state index in [1.807, 2.05) is 13.8 Å². The molecule has 0 aromatic carbocycles. The lowest BCUT2D eigenvalue weighted by Crippen LogP contribution is -1.96. The van der Waals surface area contributed by atoms with Crippen LogP contribution in [0.3, 0.4) is 0 Å². The van der Waals surface area contributed by atoms with Crippen molar-refractivity contribution in [2.75, 3.05) is 6.61 Å². The second-order valence-corrected chi connectivity index (χ2v) is 2.13. The van der Waals surface area contributed by atoms with E-state index in [2.05, 4.69) is 20.7 Å². The van der Waals surface area contributed by atoms with E-state index in [0.717, 1.165) is 0 Å². The van der Waals surface area contributed by atoms with Gasteiger partial charge in [0.1, 0.15) is 6.01 Å². The van der Waals surface area contributed by atoms with Crippen molar-refractivity contribution in [3.8, 4) is 0 Å². The zero-order valence-electron chi connectivity index (χ0n) is 7.00. The van der Waals surface area contributed by atoms with E-state index in [1.54, 1.807) is 6.92 Å². The van der Waals surface area contributed by atoms with E-state index in [-0.39, 0.29) is 6.04 Å². The molecule has 4 heteroatoms. The van der Waals surface area contributed by atoms with Crippen molar-refractivity contribution < 1.29 is 9.53 Å². The van der Waals surface area contributed by atoms with Crippen molar-refractivity contribution in [1.29, 1.82) is 0 Å². The summed E-state index contributed by atoms with van der Waals surface area (Å²) in [7, 11) is 0. The fourth-order valence-electron chi connectivity index (χ4n) is 0.341. The first-order chi connectivity index (χ1) is 5.16. The van der Waals surface area contributed by atoms with Gasteiger partial charge in [-0.2, -0.15) is 0 Å². The topological polar surface area (TPSA) is 51.0 Å². The minimum Gasteiger partial charge on any atom is -0.448 e. The molecule has 0 aliphatic carbocycles. The van der Waals surface area contributed by atoms with Gasteiger partial charge < -0.3 is 4.74 Å². The summed E-state index contributed by atoms with van der Waals surface area (Å²) in [6.45, 7) is 5.78. The fourth-order valence-corrected chi connectivity index (χ4v) is 0.341. The number of amides is 1. The first-order valence-corrected chi connectivity index (χ1v) is 3.49. The average molecular weight is 156 g/mol. The monoisotopic (exact) mass is 156 g/mol. The molecule has 0 radical (unpaired) electrons. The number of ether oxygens (including phenoxy) is 1. The first-order valence-electron chi connectivity index (χ1n) is 3.49. The summed E-state index contributed by atoms with van der Waals surface area (Å²) in [6.07, 6.45) is -0.642. The van der Waals surface area contributed by atoms with Crippen LogP contribution >= 0.6 is 0 Å². The Hall–Kier alpha value is -1.15. The summed E-state index contributed by atoms with van der Waals surface area (Å²) in [5.41, 5.74) is 0. The fraction of sp³-hybridized carbons (Fsp3) is 0.714. The van der Waals surface area contributed by atoms with E-state index < -0.39 is 6.09 Å². The van der Waals surface area contributed by atoms with Gasteiger partial charge in [0.05, 0.1) is 12.6 Å². The number of carbonyl (C=O) groups excluding carboxylic acids is 1. The summed E-state index contributed by atoms with van der Waals surface area (Å²) in [4.78, 5) is 17.5. The van der Waals surface area contributed by atoms with E-state index in [4.69, 9.17) is 0 Å². The predicted octanol–water partition coefficient (Wildman–Crippen LogP) is 1.73. The van der Waals surface area contributed by atoms with Crippen molar-refractivity contribution in [1.82, 2.24) is 0 Å².